The van der Waals surface area contributed by atoms with E-state index in [-0.39, 0.29) is 0 Å². The zero-order valence-electron chi connectivity index (χ0n) is 50.4. The van der Waals surface area contributed by atoms with Gasteiger partial charge >= 0.3 is 0 Å². The number of fused-ring (bicyclic) bond motifs is 2. The standard InChI is InChI=1S/C76H74N2O6S4/c1-55-69-70(56(2)77(55)43-45-79-47-49-81-51-53-83-67-39-35-65(36-40-67)75(59-23-11-5-12-24-59,60-25-13-6-14-26-60)61-27-15-7-16-28-61)86-73(85-69)74-87-71-57(3)78(58(4)72(71)88-74)44-46-80-48-50-82-52-54-84-68-41-37-66(38-42-68)76(62-29-17-8-18-30-62,63-31-19-9-20-32-63)64-33-21-10-22-34-64/h5-42H,43-54H2,1-4H3. The zero-order valence-corrected chi connectivity index (χ0v) is 53.7. The molecule has 0 saturated heterocycles. The maximum atomic E-state index is 6.17. The van der Waals surface area contributed by atoms with Crippen molar-refractivity contribution in [2.24, 2.45) is 0 Å². The van der Waals surface area contributed by atoms with Crippen molar-refractivity contribution >= 4 is 47.0 Å². The first-order chi connectivity index (χ1) is 43.3. The van der Waals surface area contributed by atoms with E-state index < -0.39 is 10.8 Å². The lowest BCUT2D eigenvalue weighted by atomic mass is 9.65. The van der Waals surface area contributed by atoms with Gasteiger partial charge in [-0.3, -0.25) is 0 Å². The van der Waals surface area contributed by atoms with Crippen LogP contribution in [0.1, 0.15) is 67.3 Å². The van der Waals surface area contributed by atoms with E-state index >= 15 is 0 Å². The van der Waals surface area contributed by atoms with E-state index in [1.54, 1.807) is 0 Å². The SMILES string of the molecule is Cc1c2c(c(C)n1CCOCCOCCOc1ccc(C(c3ccccc3)(c3ccccc3)c3ccccc3)cc1)SC(=C1Sc3c(c(C)n(CCOCCOCCOc4ccc(C(c5ccccc5)(c5ccccc5)c5ccccc5)cc4)c3C)S1)S2. The second-order valence-electron chi connectivity index (χ2n) is 21.8. The van der Waals surface area contributed by atoms with Crippen LogP contribution in [0.3, 0.4) is 0 Å². The van der Waals surface area contributed by atoms with Gasteiger partial charge in [-0.1, -0.05) is 253 Å². The Morgan fingerprint density at radius 2 is 0.477 bits per heavy atom. The average molecular weight is 1240 g/mol. The highest BCUT2D eigenvalue weighted by Crippen LogP contribution is 2.64. The Balaban J connectivity index is 0.548. The molecule has 0 atom stereocenters. The van der Waals surface area contributed by atoms with Crippen molar-refractivity contribution in [1.82, 2.24) is 9.13 Å². The molecule has 0 fully saturated rings. The summed E-state index contributed by atoms with van der Waals surface area (Å²) >= 11 is 7.69. The third-order valence-electron chi connectivity index (χ3n) is 16.8. The van der Waals surface area contributed by atoms with E-state index in [9.17, 15) is 0 Å². The molecule has 0 N–H and O–H groups in total. The van der Waals surface area contributed by atoms with E-state index in [0.29, 0.717) is 66.1 Å². The molecule has 8 nitrogen and oxygen atoms in total. The van der Waals surface area contributed by atoms with Crippen molar-refractivity contribution in [2.75, 3.05) is 66.1 Å². The molecule has 0 radical (unpaired) electrons. The summed E-state index contributed by atoms with van der Waals surface area (Å²) < 4.78 is 44.0. The zero-order chi connectivity index (χ0) is 60.1. The number of aromatic nitrogens is 2. The first kappa shape index (κ1) is 61.2. The molecular formula is C76H74N2O6S4. The molecule has 0 amide bonds. The van der Waals surface area contributed by atoms with Crippen LogP contribution < -0.4 is 9.47 Å². The molecule has 0 spiro atoms. The largest absolute Gasteiger partial charge is 0.491 e. The molecule has 0 saturated carbocycles. The topological polar surface area (TPSA) is 65.2 Å². The summed E-state index contributed by atoms with van der Waals surface area (Å²) in [5.41, 5.74) is 13.9. The van der Waals surface area contributed by atoms with Crippen LogP contribution in [0.2, 0.25) is 0 Å². The Bertz CT molecular complexity index is 3390. The fraction of sp³-hybridized carbons (Fsp3) is 0.237. The number of benzene rings is 8. The Kier molecular flexibility index (Phi) is 20.2. The summed E-state index contributed by atoms with van der Waals surface area (Å²) in [6.45, 7) is 15.8. The van der Waals surface area contributed by atoms with Crippen molar-refractivity contribution in [3.05, 3.63) is 306 Å². The fourth-order valence-corrected chi connectivity index (χ4v) is 18.4. The Morgan fingerprint density at radius 3 is 0.727 bits per heavy atom. The van der Waals surface area contributed by atoms with Crippen molar-refractivity contribution in [1.29, 1.82) is 0 Å². The van der Waals surface area contributed by atoms with Gasteiger partial charge in [-0.2, -0.15) is 0 Å². The molecule has 88 heavy (non-hydrogen) atoms. The van der Waals surface area contributed by atoms with Crippen LogP contribution in [-0.2, 0) is 42.9 Å². The number of hydrogen-bond donors (Lipinski definition) is 0. The molecule has 8 aromatic carbocycles. The molecule has 0 aliphatic carbocycles. The first-order valence-electron chi connectivity index (χ1n) is 30.3. The first-order valence-corrected chi connectivity index (χ1v) is 33.6. The van der Waals surface area contributed by atoms with Gasteiger partial charge in [0.2, 0.25) is 0 Å². The minimum Gasteiger partial charge on any atom is -0.491 e. The normalized spacial score (nSPS) is 13.0. The molecule has 0 bridgehead atoms. The maximum absolute atomic E-state index is 6.17. The van der Waals surface area contributed by atoms with Crippen LogP contribution in [-0.4, -0.2) is 75.2 Å². The lowest BCUT2D eigenvalue weighted by Gasteiger charge is -2.36. The number of hydrogen-bond acceptors (Lipinski definition) is 10. The smallest absolute Gasteiger partial charge is 0.119 e. The van der Waals surface area contributed by atoms with Crippen molar-refractivity contribution in [3.63, 3.8) is 0 Å². The van der Waals surface area contributed by atoms with Crippen LogP contribution in [0.25, 0.3) is 0 Å². The predicted octanol–water partition coefficient (Wildman–Crippen LogP) is 17.7. The number of nitrogens with zero attached hydrogens (tertiary/aromatic N) is 2. The van der Waals surface area contributed by atoms with E-state index in [0.717, 1.165) is 24.6 Å². The van der Waals surface area contributed by atoms with Gasteiger partial charge in [0, 0.05) is 55.4 Å². The molecule has 2 aromatic heterocycles. The molecule has 12 heteroatoms. The monoisotopic (exact) mass is 1240 g/mol. The van der Waals surface area contributed by atoms with Gasteiger partial charge in [-0.05, 0) is 96.5 Å². The molecule has 448 valence electrons. The Hall–Kier alpha value is -7.10. The van der Waals surface area contributed by atoms with Gasteiger partial charge < -0.3 is 37.6 Å². The van der Waals surface area contributed by atoms with Crippen LogP contribution >= 0.6 is 47.0 Å². The van der Waals surface area contributed by atoms with Crippen LogP contribution in [0.4, 0.5) is 0 Å². The highest BCUT2D eigenvalue weighted by molar-refractivity contribution is 8.30. The predicted molar refractivity (Wildman–Crippen MR) is 362 cm³/mol. The number of ether oxygens (including phenoxy) is 6. The average Bonchev–Trinajstić information content (AvgIpc) is 3.95. The third kappa shape index (κ3) is 12.9. The summed E-state index contributed by atoms with van der Waals surface area (Å²) in [6, 6.07) is 81.7. The summed E-state index contributed by atoms with van der Waals surface area (Å²) in [5, 5.41) is 0. The molecule has 2 aliphatic heterocycles. The molecular weight excluding hydrogens is 1170 g/mol. The minimum atomic E-state index is -0.488. The Morgan fingerprint density at radius 1 is 0.261 bits per heavy atom. The second kappa shape index (κ2) is 29.0. The van der Waals surface area contributed by atoms with Gasteiger partial charge in [0.05, 0.1) is 72.2 Å². The van der Waals surface area contributed by atoms with Crippen LogP contribution in [0, 0.1) is 27.7 Å². The highest BCUT2D eigenvalue weighted by Gasteiger charge is 2.40. The van der Waals surface area contributed by atoms with Crippen molar-refractivity contribution in [2.45, 2.75) is 71.2 Å². The second-order valence-corrected chi connectivity index (χ2v) is 26.4. The molecule has 4 heterocycles. The minimum absolute atomic E-state index is 0.458. The molecule has 0 unspecified atom stereocenters. The van der Waals surface area contributed by atoms with E-state index in [1.807, 2.05) is 47.0 Å². The quantitative estimate of drug-likeness (QED) is 0.0350. The van der Waals surface area contributed by atoms with E-state index in [2.05, 4.69) is 267 Å². The molecule has 10 aromatic rings. The summed E-state index contributed by atoms with van der Waals surface area (Å²) in [7, 11) is 0. The van der Waals surface area contributed by atoms with E-state index in [1.165, 1.54) is 95.3 Å². The van der Waals surface area contributed by atoms with Crippen molar-refractivity contribution < 1.29 is 28.4 Å². The number of rotatable bonds is 28. The van der Waals surface area contributed by atoms with E-state index in [4.69, 9.17) is 28.4 Å². The Labute approximate surface area is 536 Å². The summed E-state index contributed by atoms with van der Waals surface area (Å²) in [4.78, 5) is 5.48. The van der Waals surface area contributed by atoms with Gasteiger partial charge in [0.25, 0.3) is 0 Å². The van der Waals surface area contributed by atoms with Gasteiger partial charge in [0.1, 0.15) is 24.7 Å². The summed E-state index contributed by atoms with van der Waals surface area (Å²) in [6.07, 6.45) is 0. The lowest BCUT2D eigenvalue weighted by molar-refractivity contribution is 0.0338. The molecule has 2 aliphatic rings. The fourth-order valence-electron chi connectivity index (χ4n) is 12.5. The highest BCUT2D eigenvalue weighted by atomic mass is 32.2. The van der Waals surface area contributed by atoms with Gasteiger partial charge in [-0.15, -0.1) is 0 Å². The lowest BCUT2D eigenvalue weighted by Crippen LogP contribution is -2.30. The molecule has 12 rings (SSSR count). The third-order valence-corrected chi connectivity index (χ3v) is 22.9. The van der Waals surface area contributed by atoms with Gasteiger partial charge in [-0.25, -0.2) is 0 Å². The van der Waals surface area contributed by atoms with Crippen LogP contribution in [0.5, 0.6) is 11.5 Å². The van der Waals surface area contributed by atoms with Crippen LogP contribution in [0.15, 0.2) is 259 Å². The van der Waals surface area contributed by atoms with Gasteiger partial charge in [0.15, 0.2) is 0 Å². The number of thioether (sulfide) groups is 4. The van der Waals surface area contributed by atoms with Crippen molar-refractivity contribution in [3.8, 4) is 11.5 Å². The maximum Gasteiger partial charge on any atom is 0.119 e. The summed E-state index contributed by atoms with van der Waals surface area (Å²) in [5.74, 6) is 1.63.